The van der Waals surface area contributed by atoms with E-state index >= 15 is 0 Å². The van der Waals surface area contributed by atoms with Crippen molar-refractivity contribution in [2.24, 2.45) is 5.92 Å². The van der Waals surface area contributed by atoms with Gasteiger partial charge in [0.2, 0.25) is 5.91 Å². The number of hydrogen-bond donors (Lipinski definition) is 2. The van der Waals surface area contributed by atoms with Gasteiger partial charge in [0, 0.05) is 12.1 Å². The van der Waals surface area contributed by atoms with E-state index in [1.165, 1.54) is 12.1 Å². The summed E-state index contributed by atoms with van der Waals surface area (Å²) < 4.78 is 13.1. The van der Waals surface area contributed by atoms with Crippen LogP contribution < -0.4 is 10.6 Å². The van der Waals surface area contributed by atoms with Crippen LogP contribution >= 0.6 is 12.4 Å². The average molecular weight is 301 g/mol. The number of halogens is 2. The fourth-order valence-corrected chi connectivity index (χ4v) is 2.67. The summed E-state index contributed by atoms with van der Waals surface area (Å²) in [7, 11) is 0. The Bertz CT molecular complexity index is 445. The standard InChI is InChI=1S/C15H21FN2O.ClH/c1-10-6-7-17-11(2)15(10)18-14(19)9-12-4-3-5-13(16)8-12;/h3-5,8,10-11,15,17H,6-7,9H2,1-2H3,(H,18,19);1H. The van der Waals surface area contributed by atoms with Gasteiger partial charge in [-0.05, 0) is 43.5 Å². The molecule has 1 saturated heterocycles. The lowest BCUT2D eigenvalue weighted by Gasteiger charge is -2.36. The first-order valence-electron chi connectivity index (χ1n) is 6.83. The van der Waals surface area contributed by atoms with Crippen LogP contribution in [0.15, 0.2) is 24.3 Å². The fourth-order valence-electron chi connectivity index (χ4n) is 2.67. The lowest BCUT2D eigenvalue weighted by Crippen LogP contribution is -2.56. The third kappa shape index (κ3) is 4.46. The van der Waals surface area contributed by atoms with Gasteiger partial charge in [-0.1, -0.05) is 19.1 Å². The lowest BCUT2D eigenvalue weighted by atomic mass is 9.89. The minimum Gasteiger partial charge on any atom is -0.351 e. The Morgan fingerprint density at radius 3 is 2.85 bits per heavy atom. The largest absolute Gasteiger partial charge is 0.351 e. The number of benzene rings is 1. The Hall–Kier alpha value is -1.13. The van der Waals surface area contributed by atoms with Crippen molar-refractivity contribution in [2.45, 2.75) is 38.8 Å². The minimum absolute atomic E-state index is 0. The molecule has 5 heteroatoms. The summed E-state index contributed by atoms with van der Waals surface area (Å²) in [5.41, 5.74) is 0.710. The van der Waals surface area contributed by atoms with Crippen molar-refractivity contribution in [3.63, 3.8) is 0 Å². The Morgan fingerprint density at radius 1 is 1.45 bits per heavy atom. The first-order valence-corrected chi connectivity index (χ1v) is 6.83. The Labute approximate surface area is 125 Å². The van der Waals surface area contributed by atoms with E-state index < -0.39 is 0 Å². The van der Waals surface area contributed by atoms with Gasteiger partial charge >= 0.3 is 0 Å². The van der Waals surface area contributed by atoms with Crippen LogP contribution in [0.1, 0.15) is 25.8 Å². The molecule has 1 aliphatic rings. The van der Waals surface area contributed by atoms with Gasteiger partial charge in [0.15, 0.2) is 0 Å². The van der Waals surface area contributed by atoms with E-state index in [0.29, 0.717) is 11.5 Å². The Kier molecular flexibility index (Phi) is 6.43. The summed E-state index contributed by atoms with van der Waals surface area (Å²) in [5, 5.41) is 6.43. The van der Waals surface area contributed by atoms with Crippen LogP contribution in [-0.2, 0) is 11.2 Å². The van der Waals surface area contributed by atoms with Crippen LogP contribution in [0.5, 0.6) is 0 Å². The number of piperidine rings is 1. The van der Waals surface area contributed by atoms with Crippen molar-refractivity contribution in [2.75, 3.05) is 6.54 Å². The molecule has 0 aromatic heterocycles. The maximum absolute atomic E-state index is 13.1. The SMILES string of the molecule is CC1CCNC(C)C1NC(=O)Cc1cccc(F)c1.Cl. The molecule has 1 aromatic rings. The summed E-state index contributed by atoms with van der Waals surface area (Å²) in [6.45, 7) is 5.24. The van der Waals surface area contributed by atoms with Gasteiger partial charge in [-0.3, -0.25) is 4.79 Å². The smallest absolute Gasteiger partial charge is 0.224 e. The molecule has 1 amide bonds. The number of rotatable bonds is 3. The molecule has 2 rings (SSSR count). The monoisotopic (exact) mass is 300 g/mol. The highest BCUT2D eigenvalue weighted by Gasteiger charge is 2.28. The maximum Gasteiger partial charge on any atom is 0.224 e. The third-order valence-corrected chi connectivity index (χ3v) is 3.80. The highest BCUT2D eigenvalue weighted by atomic mass is 35.5. The Balaban J connectivity index is 0.00000200. The predicted molar refractivity (Wildman–Crippen MR) is 80.5 cm³/mol. The van der Waals surface area contributed by atoms with E-state index in [9.17, 15) is 9.18 Å². The van der Waals surface area contributed by atoms with Crippen molar-refractivity contribution in [1.29, 1.82) is 0 Å². The molecule has 3 nitrogen and oxygen atoms in total. The van der Waals surface area contributed by atoms with Gasteiger partial charge in [0.1, 0.15) is 5.82 Å². The van der Waals surface area contributed by atoms with E-state index in [1.807, 2.05) is 0 Å². The number of carbonyl (C=O) groups excluding carboxylic acids is 1. The summed E-state index contributed by atoms with van der Waals surface area (Å²) in [6, 6.07) is 6.62. The van der Waals surface area contributed by atoms with Gasteiger partial charge in [-0.2, -0.15) is 0 Å². The number of amides is 1. The zero-order valence-corrected chi connectivity index (χ0v) is 12.7. The molecule has 0 spiro atoms. The van der Waals surface area contributed by atoms with Crippen molar-refractivity contribution in [3.8, 4) is 0 Å². The van der Waals surface area contributed by atoms with Gasteiger partial charge in [-0.15, -0.1) is 12.4 Å². The molecule has 20 heavy (non-hydrogen) atoms. The van der Waals surface area contributed by atoms with E-state index in [2.05, 4.69) is 24.5 Å². The molecule has 1 fully saturated rings. The number of nitrogens with one attached hydrogen (secondary N) is 2. The second kappa shape index (κ2) is 7.60. The minimum atomic E-state index is -0.300. The normalized spacial score (nSPS) is 25.6. The average Bonchev–Trinajstić information content (AvgIpc) is 2.34. The van der Waals surface area contributed by atoms with Crippen LogP contribution in [0.2, 0.25) is 0 Å². The topological polar surface area (TPSA) is 41.1 Å². The molecule has 0 radical (unpaired) electrons. The predicted octanol–water partition coefficient (Wildman–Crippen LogP) is 2.29. The summed E-state index contributed by atoms with van der Waals surface area (Å²) in [4.78, 5) is 12.0. The summed E-state index contributed by atoms with van der Waals surface area (Å²) in [6.07, 6.45) is 1.29. The first-order chi connectivity index (χ1) is 9.06. The molecular weight excluding hydrogens is 279 g/mol. The van der Waals surface area contributed by atoms with Crippen molar-refractivity contribution in [1.82, 2.24) is 10.6 Å². The summed E-state index contributed by atoms with van der Waals surface area (Å²) in [5.74, 6) is 0.122. The molecule has 3 unspecified atom stereocenters. The first kappa shape index (κ1) is 16.9. The molecule has 1 heterocycles. The molecule has 0 bridgehead atoms. The second-order valence-electron chi connectivity index (χ2n) is 5.41. The van der Waals surface area contributed by atoms with Gasteiger partial charge in [0.05, 0.1) is 6.42 Å². The van der Waals surface area contributed by atoms with Crippen LogP contribution in [-0.4, -0.2) is 24.5 Å². The summed E-state index contributed by atoms with van der Waals surface area (Å²) >= 11 is 0. The molecular formula is C15H22ClFN2O. The molecule has 112 valence electrons. The zero-order valence-electron chi connectivity index (χ0n) is 11.9. The maximum atomic E-state index is 13.1. The van der Waals surface area contributed by atoms with Gasteiger partial charge in [0.25, 0.3) is 0 Å². The fraction of sp³-hybridized carbons (Fsp3) is 0.533. The number of carbonyl (C=O) groups is 1. The van der Waals surface area contributed by atoms with Crippen LogP contribution in [0.3, 0.4) is 0 Å². The number of hydrogen-bond acceptors (Lipinski definition) is 2. The van der Waals surface area contributed by atoms with Crippen molar-refractivity contribution < 1.29 is 9.18 Å². The molecule has 0 saturated carbocycles. The van der Waals surface area contributed by atoms with Crippen LogP contribution in [0, 0.1) is 11.7 Å². The van der Waals surface area contributed by atoms with E-state index in [0.717, 1.165) is 13.0 Å². The van der Waals surface area contributed by atoms with Crippen molar-refractivity contribution >= 4 is 18.3 Å². The van der Waals surface area contributed by atoms with Crippen molar-refractivity contribution in [3.05, 3.63) is 35.6 Å². The van der Waals surface area contributed by atoms with E-state index in [-0.39, 0.29) is 42.6 Å². The molecule has 0 aliphatic carbocycles. The van der Waals surface area contributed by atoms with E-state index in [4.69, 9.17) is 0 Å². The second-order valence-corrected chi connectivity index (χ2v) is 5.41. The van der Waals surface area contributed by atoms with Gasteiger partial charge < -0.3 is 10.6 Å². The van der Waals surface area contributed by atoms with Gasteiger partial charge in [-0.25, -0.2) is 4.39 Å². The molecule has 1 aromatic carbocycles. The Morgan fingerprint density at radius 2 is 2.20 bits per heavy atom. The quantitative estimate of drug-likeness (QED) is 0.899. The molecule has 2 N–H and O–H groups in total. The van der Waals surface area contributed by atoms with E-state index in [1.54, 1.807) is 12.1 Å². The zero-order chi connectivity index (χ0) is 13.8. The highest BCUT2D eigenvalue weighted by molar-refractivity contribution is 5.85. The molecule has 1 aliphatic heterocycles. The lowest BCUT2D eigenvalue weighted by molar-refractivity contribution is -0.121. The third-order valence-electron chi connectivity index (χ3n) is 3.80. The molecule has 3 atom stereocenters. The highest BCUT2D eigenvalue weighted by Crippen LogP contribution is 2.16. The van der Waals surface area contributed by atoms with Crippen LogP contribution in [0.25, 0.3) is 0 Å². The van der Waals surface area contributed by atoms with Crippen LogP contribution in [0.4, 0.5) is 4.39 Å².